The molecule has 35 heavy (non-hydrogen) atoms. The number of anilines is 1. The van der Waals surface area contributed by atoms with Gasteiger partial charge in [0, 0.05) is 30.2 Å². The Balaban J connectivity index is 0.000000658. The number of aliphatic carboxylic acids is 2. The topological polar surface area (TPSA) is 180 Å². The summed E-state index contributed by atoms with van der Waals surface area (Å²) in [6, 6.07) is 8.28. The van der Waals surface area contributed by atoms with E-state index >= 15 is 0 Å². The van der Waals surface area contributed by atoms with Crippen LogP contribution < -0.4 is 16.4 Å². The van der Waals surface area contributed by atoms with Crippen LogP contribution in [0.3, 0.4) is 0 Å². The number of amides is 1. The molecular weight excluding hydrogens is 495 g/mol. The number of hydrogen-bond acceptors (Lipinski definition) is 7. The minimum atomic E-state index is -4.41. The average molecular weight is 517 g/mol. The number of nitrogens with two attached hydrogens (primary N) is 1. The van der Waals surface area contributed by atoms with Gasteiger partial charge in [-0.25, -0.2) is 19.6 Å². The fourth-order valence-corrected chi connectivity index (χ4v) is 2.79. The van der Waals surface area contributed by atoms with Crippen molar-refractivity contribution in [3.05, 3.63) is 60.2 Å². The van der Waals surface area contributed by atoms with Gasteiger partial charge in [-0.2, -0.15) is 24.9 Å². The number of guanidine groups is 1. The fraction of sp³-hybridized carbons (Fsp3) is 0.250. The number of thioether (sulfide) groups is 1. The first-order valence-electron chi connectivity index (χ1n) is 9.59. The first kappa shape index (κ1) is 29.0. The first-order chi connectivity index (χ1) is 16.5. The molecule has 0 atom stereocenters. The summed E-state index contributed by atoms with van der Waals surface area (Å²) >= 11 is 1.54. The lowest BCUT2D eigenvalue weighted by Gasteiger charge is -2.08. The maximum absolute atomic E-state index is 12.1. The van der Waals surface area contributed by atoms with Crippen LogP contribution in [0.15, 0.2) is 58.2 Å². The molecule has 2 heterocycles. The number of carbonyl (C=O) groups excluding carboxylic acids is 1. The van der Waals surface area contributed by atoms with Crippen LogP contribution in [0, 0.1) is 0 Å². The molecule has 0 aliphatic heterocycles. The van der Waals surface area contributed by atoms with Crippen LogP contribution in [-0.4, -0.2) is 64.0 Å². The molecule has 0 unspecified atom stereocenters. The van der Waals surface area contributed by atoms with E-state index in [1.165, 1.54) is 6.26 Å². The van der Waals surface area contributed by atoms with Crippen molar-refractivity contribution in [1.29, 1.82) is 0 Å². The average Bonchev–Trinajstić information content (AvgIpc) is 3.31. The van der Waals surface area contributed by atoms with E-state index in [-0.39, 0.29) is 17.6 Å². The summed E-state index contributed by atoms with van der Waals surface area (Å²) in [6.07, 6.45) is -1.87. The largest absolute Gasteiger partial charge is 0.478 e. The van der Waals surface area contributed by atoms with E-state index in [2.05, 4.69) is 20.6 Å². The minimum absolute atomic E-state index is 0.255. The number of nitrogens with zero attached hydrogens (tertiary/aromatic N) is 2. The van der Waals surface area contributed by atoms with E-state index in [1.54, 1.807) is 42.1 Å². The van der Waals surface area contributed by atoms with Crippen LogP contribution in [-0.2, 0) is 15.3 Å². The molecule has 2 aromatic rings. The molecule has 0 bridgehead atoms. The van der Waals surface area contributed by atoms with Crippen LogP contribution in [0.1, 0.15) is 16.2 Å². The molecule has 2 aromatic heterocycles. The van der Waals surface area contributed by atoms with Crippen LogP contribution in [0.5, 0.6) is 0 Å². The Morgan fingerprint density at radius 1 is 1.14 bits per heavy atom. The summed E-state index contributed by atoms with van der Waals surface area (Å²) in [4.78, 5) is 38.2. The normalized spacial score (nSPS) is 11.5. The highest BCUT2D eigenvalue weighted by Crippen LogP contribution is 2.15. The number of aliphatic imine (C=N–C) groups is 1. The summed E-state index contributed by atoms with van der Waals surface area (Å²) in [7, 11) is 0. The highest BCUT2D eigenvalue weighted by molar-refractivity contribution is 7.98. The molecule has 190 valence electrons. The van der Waals surface area contributed by atoms with Crippen LogP contribution >= 0.6 is 11.8 Å². The predicted octanol–water partition coefficient (Wildman–Crippen LogP) is 2.34. The lowest BCUT2D eigenvalue weighted by Crippen LogP contribution is -2.26. The van der Waals surface area contributed by atoms with Crippen LogP contribution in [0.25, 0.3) is 0 Å². The van der Waals surface area contributed by atoms with Gasteiger partial charge < -0.3 is 31.0 Å². The van der Waals surface area contributed by atoms with Gasteiger partial charge in [-0.1, -0.05) is 6.07 Å². The SMILES string of the molecule is NC(=NCC(F)(F)F)Nc1cccc(CSCCNC(=O)c2ccco2)n1.O=C(O)/C=C\C(=O)O. The number of pyridine rings is 1. The number of carboxylic acids is 2. The predicted molar refractivity (Wildman–Crippen MR) is 122 cm³/mol. The van der Waals surface area contributed by atoms with E-state index < -0.39 is 24.7 Å². The number of carbonyl (C=O) groups is 3. The number of furan rings is 1. The molecule has 11 nitrogen and oxygen atoms in total. The molecule has 0 saturated heterocycles. The lowest BCUT2D eigenvalue weighted by molar-refractivity contribution is -0.134. The fourth-order valence-electron chi connectivity index (χ4n) is 2.03. The zero-order valence-electron chi connectivity index (χ0n) is 18.0. The number of aromatic nitrogens is 1. The highest BCUT2D eigenvalue weighted by atomic mass is 32.2. The van der Waals surface area contributed by atoms with Gasteiger partial charge in [0.2, 0.25) is 0 Å². The second kappa shape index (κ2) is 15.0. The highest BCUT2D eigenvalue weighted by Gasteiger charge is 2.26. The zero-order valence-corrected chi connectivity index (χ0v) is 18.8. The maximum Gasteiger partial charge on any atom is 0.408 e. The molecule has 0 fully saturated rings. The van der Waals surface area contributed by atoms with Gasteiger partial charge in [0.05, 0.1) is 12.0 Å². The van der Waals surface area contributed by atoms with Crippen LogP contribution in [0.4, 0.5) is 19.0 Å². The second-order valence-corrected chi connectivity index (χ2v) is 7.36. The standard InChI is InChI=1S/C16H18F3N5O2S.C4H4O4/c17-16(18,19)10-22-15(20)24-13-5-1-3-11(23-13)9-27-8-6-21-14(25)12-4-2-7-26-12;5-3(6)1-2-4(7)8/h1-5,7H,6,8-10H2,(H,21,25)(H3,20,22,23,24);1-2H,(H,5,6)(H,7,8)/b;2-1-. The summed E-state index contributed by atoms with van der Waals surface area (Å²) in [6.45, 7) is -0.899. The van der Waals surface area contributed by atoms with Crippen molar-refractivity contribution in [3.63, 3.8) is 0 Å². The number of halogens is 3. The molecular formula is C20H22F3N5O6S. The minimum Gasteiger partial charge on any atom is -0.478 e. The molecule has 0 spiro atoms. The van der Waals surface area contributed by atoms with E-state index in [0.717, 1.165) is 0 Å². The van der Waals surface area contributed by atoms with E-state index in [1.807, 2.05) is 0 Å². The summed E-state index contributed by atoms with van der Waals surface area (Å²) in [5, 5.41) is 20.9. The Hall–Kier alpha value is -4.01. The van der Waals surface area contributed by atoms with E-state index in [4.69, 9.17) is 20.4 Å². The quantitative estimate of drug-likeness (QED) is 0.136. The smallest absolute Gasteiger partial charge is 0.408 e. The number of hydrogen-bond donors (Lipinski definition) is 5. The van der Waals surface area contributed by atoms with Crippen molar-refractivity contribution >= 4 is 41.4 Å². The van der Waals surface area contributed by atoms with Gasteiger partial charge in [-0.3, -0.25) is 4.79 Å². The molecule has 15 heteroatoms. The first-order valence-corrected chi connectivity index (χ1v) is 10.7. The Morgan fingerprint density at radius 2 is 1.83 bits per heavy atom. The van der Waals surface area contributed by atoms with Gasteiger partial charge in [0.25, 0.3) is 5.91 Å². The van der Waals surface area contributed by atoms with E-state index in [9.17, 15) is 27.6 Å². The third-order valence-corrected chi connectivity index (χ3v) is 4.38. The Bertz CT molecular complexity index is 1010. The molecule has 0 aromatic carbocycles. The Kier molecular flexibility index (Phi) is 12.4. The molecule has 0 saturated carbocycles. The number of nitrogens with one attached hydrogen (secondary N) is 2. The lowest BCUT2D eigenvalue weighted by atomic mass is 10.4. The molecule has 1 amide bonds. The Labute approximate surface area is 201 Å². The van der Waals surface area contributed by atoms with Gasteiger partial charge in [-0.15, -0.1) is 0 Å². The summed E-state index contributed by atoms with van der Waals surface area (Å²) < 4.78 is 41.3. The molecule has 0 aliphatic rings. The Morgan fingerprint density at radius 3 is 2.40 bits per heavy atom. The summed E-state index contributed by atoms with van der Waals surface area (Å²) in [5.74, 6) is -1.37. The van der Waals surface area contributed by atoms with Crippen molar-refractivity contribution in [1.82, 2.24) is 10.3 Å². The maximum atomic E-state index is 12.1. The molecule has 2 rings (SSSR count). The van der Waals surface area contributed by atoms with Gasteiger partial charge in [-0.05, 0) is 24.3 Å². The summed E-state index contributed by atoms with van der Waals surface area (Å²) in [5.41, 5.74) is 6.13. The number of alkyl halides is 3. The van der Waals surface area contributed by atoms with Crippen molar-refractivity contribution < 1.29 is 42.2 Å². The number of rotatable bonds is 10. The van der Waals surface area contributed by atoms with Crippen LogP contribution in [0.2, 0.25) is 0 Å². The van der Waals surface area contributed by atoms with E-state index in [0.29, 0.717) is 41.7 Å². The third-order valence-electron chi connectivity index (χ3n) is 3.39. The van der Waals surface area contributed by atoms with Crippen molar-refractivity contribution in [2.75, 3.05) is 24.2 Å². The second-order valence-electron chi connectivity index (χ2n) is 6.25. The van der Waals surface area contributed by atoms with Crippen molar-refractivity contribution in [2.45, 2.75) is 11.9 Å². The van der Waals surface area contributed by atoms with Gasteiger partial charge in [0.1, 0.15) is 12.4 Å². The number of carboxylic acid groups (broad SMARTS) is 2. The van der Waals surface area contributed by atoms with Crippen molar-refractivity contribution in [3.8, 4) is 0 Å². The molecule has 0 radical (unpaired) electrons. The van der Waals surface area contributed by atoms with Gasteiger partial charge in [0.15, 0.2) is 11.7 Å². The third kappa shape index (κ3) is 14.7. The van der Waals surface area contributed by atoms with Crippen molar-refractivity contribution in [2.24, 2.45) is 10.7 Å². The zero-order chi connectivity index (χ0) is 26.3. The molecule has 0 aliphatic carbocycles. The van der Waals surface area contributed by atoms with Gasteiger partial charge >= 0.3 is 18.1 Å². The molecule has 6 N–H and O–H groups in total. The monoisotopic (exact) mass is 517 g/mol.